The molecule has 0 bridgehead atoms. The Kier molecular flexibility index (Phi) is 12.1. The van der Waals surface area contributed by atoms with Crippen LogP contribution in [0.1, 0.15) is 6.92 Å². The Hall–Kier alpha value is -0.330. The largest absolute Gasteiger partial charge is 0.394 e. The molecule has 0 radical (unpaired) electrons. The minimum absolute atomic E-state index is 0.421. The monoisotopic (exact) mass is 550 g/mol. The molecular weight excluding hydrogens is 511 g/mol. The lowest BCUT2D eigenvalue weighted by molar-refractivity contribution is -0.327. The van der Waals surface area contributed by atoms with E-state index >= 15 is 0 Å². The number of ether oxygens (including phenoxy) is 4. The van der Waals surface area contributed by atoms with Crippen molar-refractivity contribution in [3.05, 3.63) is 0 Å². The summed E-state index contributed by atoms with van der Waals surface area (Å²) in [6.07, 6.45) is -17.7. The molecule has 9 N–H and O–H groups in total. The second-order valence-corrected chi connectivity index (χ2v) is 12.2. The van der Waals surface area contributed by atoms with Crippen molar-refractivity contribution >= 4 is 7.37 Å². The first-order valence-electron chi connectivity index (χ1n) is 11.5. The third-order valence-corrected chi connectivity index (χ3v) is 6.87. The maximum atomic E-state index is 11.6. The molecule has 0 aromatic rings. The van der Waals surface area contributed by atoms with Gasteiger partial charge in [-0.2, -0.15) is 0 Å². The zero-order valence-corrected chi connectivity index (χ0v) is 21.2. The van der Waals surface area contributed by atoms with Crippen molar-refractivity contribution in [2.45, 2.75) is 80.5 Å². The van der Waals surface area contributed by atoms with E-state index in [2.05, 4.69) is 0 Å². The van der Waals surface area contributed by atoms with Crippen molar-refractivity contribution in [3.8, 4) is 0 Å². The third-order valence-electron chi connectivity index (χ3n) is 6.10. The van der Waals surface area contributed by atoms with Crippen molar-refractivity contribution < 1.29 is 74.0 Å². The fourth-order valence-corrected chi connectivity index (χ4v) is 4.21. The van der Waals surface area contributed by atoms with Gasteiger partial charge in [-0.3, -0.25) is 4.57 Å². The van der Waals surface area contributed by atoms with E-state index in [1.165, 1.54) is 20.3 Å². The molecule has 2 fully saturated rings. The second kappa shape index (κ2) is 13.6. The van der Waals surface area contributed by atoms with Crippen LogP contribution < -0.4 is 0 Å². The van der Waals surface area contributed by atoms with Gasteiger partial charge in [0.2, 0.25) is 0 Å². The van der Waals surface area contributed by atoms with Crippen LogP contribution in [0.5, 0.6) is 0 Å². The van der Waals surface area contributed by atoms with E-state index in [1.54, 1.807) is 0 Å². The number of aliphatic hydroxyl groups excluding tert-OH is 9. The first-order chi connectivity index (χ1) is 16.7. The molecule has 0 saturated carbocycles. The summed E-state index contributed by atoms with van der Waals surface area (Å²) in [7, 11) is -2.92. The third kappa shape index (κ3) is 8.33. The molecular formula is C20H39O15P. The van der Waals surface area contributed by atoms with Crippen LogP contribution in [-0.2, 0) is 28.0 Å². The van der Waals surface area contributed by atoms with Gasteiger partial charge in [0.25, 0.3) is 0 Å². The van der Waals surface area contributed by atoms with E-state index in [1.807, 2.05) is 0 Å². The quantitative estimate of drug-likeness (QED) is 0.104. The molecule has 13 atom stereocenters. The van der Waals surface area contributed by atoms with Gasteiger partial charge in [-0.05, 0) is 0 Å². The van der Waals surface area contributed by atoms with Gasteiger partial charge >= 0.3 is 0 Å². The number of hydrogen-bond donors (Lipinski definition) is 9. The van der Waals surface area contributed by atoms with Crippen LogP contribution in [0.25, 0.3) is 0 Å². The summed E-state index contributed by atoms with van der Waals surface area (Å²) in [5.41, 5.74) is 0. The molecule has 36 heavy (non-hydrogen) atoms. The van der Waals surface area contributed by atoms with E-state index < -0.39 is 113 Å². The SMILES string of the molecule is C[C@@H]1C(O)[C@H](OCC(O)C(O)C(O)COP(C)(C)=O)OC(CO[C@H]2OC(CO)[C@@H](O)[C@H](O)C2O)[C@@H]1O. The Balaban J connectivity index is 1.92. The Labute approximate surface area is 208 Å². The standard InChI is InChI=1S/C20H39O15P/c1-8-13(24)12(7-32-20-18(29)17(28)16(27)11(4-21)34-20)35-19(14(8)25)31-5-9(22)15(26)10(23)6-33-36(2,3)30/h8-29H,4-7H2,1-3H3/t8-,9?,10?,11?,12?,13+,14?,15?,16+,17-,18?,19+,20-/m0/s1. The van der Waals surface area contributed by atoms with Crippen LogP contribution in [0.4, 0.5) is 0 Å². The Morgan fingerprint density at radius 3 is 1.92 bits per heavy atom. The average Bonchev–Trinajstić information content (AvgIpc) is 2.83. The first kappa shape index (κ1) is 31.9. The van der Waals surface area contributed by atoms with Gasteiger partial charge in [-0.1, -0.05) is 6.92 Å². The molecule has 2 saturated heterocycles. The lowest BCUT2D eigenvalue weighted by Crippen LogP contribution is -2.60. The summed E-state index contributed by atoms with van der Waals surface area (Å²) in [5, 5.41) is 90.0. The molecule has 16 heteroatoms. The molecule has 0 aromatic heterocycles. The molecule has 2 aliphatic heterocycles. The molecule has 214 valence electrons. The highest BCUT2D eigenvalue weighted by atomic mass is 31.2. The number of rotatable bonds is 12. The van der Waals surface area contributed by atoms with E-state index in [4.69, 9.17) is 23.5 Å². The molecule has 0 spiro atoms. The predicted molar refractivity (Wildman–Crippen MR) is 119 cm³/mol. The molecule has 2 rings (SSSR count). The molecule has 2 aliphatic rings. The Morgan fingerprint density at radius 2 is 1.33 bits per heavy atom. The van der Waals surface area contributed by atoms with Crippen LogP contribution in [0.3, 0.4) is 0 Å². The lowest BCUT2D eigenvalue weighted by Gasteiger charge is -2.43. The van der Waals surface area contributed by atoms with E-state index in [0.29, 0.717) is 0 Å². The highest BCUT2D eigenvalue weighted by molar-refractivity contribution is 7.57. The summed E-state index contributed by atoms with van der Waals surface area (Å²) >= 11 is 0. The van der Waals surface area contributed by atoms with Crippen molar-refractivity contribution in [2.75, 3.05) is 39.8 Å². The molecule has 0 amide bonds. The fraction of sp³-hybridized carbons (Fsp3) is 1.00. The van der Waals surface area contributed by atoms with Crippen molar-refractivity contribution in [1.82, 2.24) is 0 Å². The van der Waals surface area contributed by atoms with E-state index in [-0.39, 0.29) is 0 Å². The summed E-state index contributed by atoms with van der Waals surface area (Å²) in [4.78, 5) is 0. The summed E-state index contributed by atoms with van der Waals surface area (Å²) in [5.74, 6) is -0.809. The van der Waals surface area contributed by atoms with E-state index in [9.17, 15) is 50.5 Å². The minimum Gasteiger partial charge on any atom is -0.394 e. The van der Waals surface area contributed by atoms with Gasteiger partial charge in [-0.25, -0.2) is 0 Å². The predicted octanol–water partition coefficient (Wildman–Crippen LogP) is -4.46. The summed E-state index contributed by atoms with van der Waals surface area (Å²) < 4.78 is 38.0. The van der Waals surface area contributed by atoms with Crippen molar-refractivity contribution in [2.24, 2.45) is 5.92 Å². The van der Waals surface area contributed by atoms with Crippen LogP contribution in [0.15, 0.2) is 0 Å². The van der Waals surface area contributed by atoms with E-state index in [0.717, 1.165) is 0 Å². The van der Waals surface area contributed by atoms with Crippen LogP contribution in [0.2, 0.25) is 0 Å². The fourth-order valence-electron chi connectivity index (χ4n) is 3.70. The molecule has 2 heterocycles. The highest BCUT2D eigenvalue weighted by Crippen LogP contribution is 2.37. The highest BCUT2D eigenvalue weighted by Gasteiger charge is 2.47. The van der Waals surface area contributed by atoms with Crippen LogP contribution >= 0.6 is 7.37 Å². The Bertz CT molecular complexity index is 707. The molecule has 15 nitrogen and oxygen atoms in total. The van der Waals surface area contributed by atoms with Gasteiger partial charge < -0.3 is 69.4 Å². The normalized spacial score (nSPS) is 40.6. The smallest absolute Gasteiger partial charge is 0.197 e. The Morgan fingerprint density at radius 1 is 0.778 bits per heavy atom. The maximum absolute atomic E-state index is 11.6. The molecule has 0 aliphatic carbocycles. The second-order valence-electron chi connectivity index (χ2n) is 9.42. The van der Waals surface area contributed by atoms with Crippen molar-refractivity contribution in [3.63, 3.8) is 0 Å². The van der Waals surface area contributed by atoms with Crippen molar-refractivity contribution in [1.29, 1.82) is 0 Å². The minimum atomic E-state index is -2.92. The van der Waals surface area contributed by atoms with Crippen LogP contribution in [-0.4, -0.2) is 159 Å². The topological polar surface area (TPSA) is 245 Å². The van der Waals surface area contributed by atoms with Gasteiger partial charge in [0, 0.05) is 19.2 Å². The maximum Gasteiger partial charge on any atom is 0.197 e. The van der Waals surface area contributed by atoms with Crippen LogP contribution in [0, 0.1) is 5.92 Å². The number of hydrogen-bond acceptors (Lipinski definition) is 15. The zero-order valence-electron chi connectivity index (χ0n) is 20.3. The van der Waals surface area contributed by atoms with Gasteiger partial charge in [0.05, 0.1) is 32.5 Å². The van der Waals surface area contributed by atoms with Gasteiger partial charge in [0.15, 0.2) is 19.9 Å². The summed E-state index contributed by atoms with van der Waals surface area (Å²) in [6, 6.07) is 0. The lowest BCUT2D eigenvalue weighted by atomic mass is 9.91. The van der Waals surface area contributed by atoms with Gasteiger partial charge in [0.1, 0.15) is 54.9 Å². The molecule has 7 unspecified atom stereocenters. The first-order valence-corrected chi connectivity index (χ1v) is 14.0. The zero-order chi connectivity index (χ0) is 27.4. The summed E-state index contributed by atoms with van der Waals surface area (Å²) in [6.45, 7) is 1.97. The number of aliphatic hydroxyl groups is 9. The average molecular weight is 550 g/mol. The van der Waals surface area contributed by atoms with Gasteiger partial charge in [-0.15, -0.1) is 0 Å². The molecule has 0 aromatic carbocycles.